The summed E-state index contributed by atoms with van der Waals surface area (Å²) >= 11 is 0. The number of hydrogen-bond donors (Lipinski definition) is 3. The van der Waals surface area contributed by atoms with Gasteiger partial charge in [-0.15, -0.1) is 0 Å². The highest BCUT2D eigenvalue weighted by molar-refractivity contribution is 5.96. The number of piperidine rings is 1. The summed E-state index contributed by atoms with van der Waals surface area (Å²) < 4.78 is 14.4. The average Bonchev–Trinajstić information content (AvgIpc) is 2.66. The standard InChI is InChI=1S/C20H29FN4O3/c1-13(2)10-18(26)24-17-6-5-14(11-16(17)21)20(28)25-9-3-4-15(12-25)19(27)23-8-7-22/h5-6,11,13,15H,3-4,7-10,12,22H2,1-2H3,(H,23,27)(H,24,26). The van der Waals surface area contributed by atoms with Crippen LogP contribution in [0.4, 0.5) is 10.1 Å². The van der Waals surface area contributed by atoms with E-state index in [-0.39, 0.29) is 40.8 Å². The third kappa shape index (κ3) is 6.02. The van der Waals surface area contributed by atoms with E-state index in [2.05, 4.69) is 10.6 Å². The van der Waals surface area contributed by atoms with Crippen LogP contribution in [0.25, 0.3) is 0 Å². The number of amides is 3. The van der Waals surface area contributed by atoms with Crippen molar-refractivity contribution in [3.05, 3.63) is 29.6 Å². The summed E-state index contributed by atoms with van der Waals surface area (Å²) in [4.78, 5) is 38.3. The van der Waals surface area contributed by atoms with E-state index in [1.807, 2.05) is 13.8 Å². The molecule has 7 nitrogen and oxygen atoms in total. The van der Waals surface area contributed by atoms with Crippen LogP contribution in [0.1, 0.15) is 43.5 Å². The zero-order valence-electron chi connectivity index (χ0n) is 16.5. The van der Waals surface area contributed by atoms with Crippen molar-refractivity contribution in [1.29, 1.82) is 0 Å². The molecule has 154 valence electrons. The van der Waals surface area contributed by atoms with Gasteiger partial charge in [0.05, 0.1) is 11.6 Å². The number of anilines is 1. The van der Waals surface area contributed by atoms with Gasteiger partial charge in [0.2, 0.25) is 11.8 Å². The van der Waals surface area contributed by atoms with Gasteiger partial charge in [0.15, 0.2) is 0 Å². The summed E-state index contributed by atoms with van der Waals surface area (Å²) in [5.74, 6) is -1.48. The lowest BCUT2D eigenvalue weighted by Crippen LogP contribution is -2.46. The zero-order valence-corrected chi connectivity index (χ0v) is 16.5. The molecule has 2 rings (SSSR count). The van der Waals surface area contributed by atoms with Gasteiger partial charge in [0.1, 0.15) is 5.82 Å². The van der Waals surface area contributed by atoms with Crippen LogP contribution in [-0.4, -0.2) is 48.8 Å². The number of carbonyl (C=O) groups excluding carboxylic acids is 3. The van der Waals surface area contributed by atoms with Gasteiger partial charge in [-0.05, 0) is 37.0 Å². The number of halogens is 1. The van der Waals surface area contributed by atoms with Crippen LogP contribution in [0.5, 0.6) is 0 Å². The molecule has 0 bridgehead atoms. The van der Waals surface area contributed by atoms with Crippen LogP contribution in [0.15, 0.2) is 18.2 Å². The Labute approximate surface area is 164 Å². The zero-order chi connectivity index (χ0) is 20.7. The predicted octanol–water partition coefficient (Wildman–Crippen LogP) is 1.74. The van der Waals surface area contributed by atoms with Gasteiger partial charge in [0, 0.05) is 38.2 Å². The quantitative estimate of drug-likeness (QED) is 0.657. The maximum Gasteiger partial charge on any atom is 0.253 e. The van der Waals surface area contributed by atoms with Crippen LogP contribution in [0.2, 0.25) is 0 Å². The molecule has 1 heterocycles. The third-order valence-corrected chi connectivity index (χ3v) is 4.61. The van der Waals surface area contributed by atoms with E-state index in [0.29, 0.717) is 45.4 Å². The van der Waals surface area contributed by atoms with Crippen molar-refractivity contribution >= 4 is 23.4 Å². The Bertz CT molecular complexity index is 723. The SMILES string of the molecule is CC(C)CC(=O)Nc1ccc(C(=O)N2CCCC(C(=O)NCCN)C2)cc1F. The number of nitrogens with zero attached hydrogens (tertiary/aromatic N) is 1. The largest absolute Gasteiger partial charge is 0.355 e. The fourth-order valence-electron chi connectivity index (χ4n) is 3.22. The van der Waals surface area contributed by atoms with Crippen molar-refractivity contribution in [3.8, 4) is 0 Å². The van der Waals surface area contributed by atoms with Crippen molar-refractivity contribution in [1.82, 2.24) is 10.2 Å². The minimum absolute atomic E-state index is 0.0554. The molecule has 1 aromatic carbocycles. The minimum Gasteiger partial charge on any atom is -0.355 e. The van der Waals surface area contributed by atoms with Gasteiger partial charge in [-0.25, -0.2) is 4.39 Å². The first-order valence-corrected chi connectivity index (χ1v) is 9.68. The summed E-state index contributed by atoms with van der Waals surface area (Å²) in [6.45, 7) is 5.39. The van der Waals surface area contributed by atoms with Crippen LogP contribution in [0, 0.1) is 17.7 Å². The molecule has 1 aliphatic rings. The van der Waals surface area contributed by atoms with Crippen LogP contribution >= 0.6 is 0 Å². The lowest BCUT2D eigenvalue weighted by molar-refractivity contribution is -0.126. The monoisotopic (exact) mass is 392 g/mol. The van der Waals surface area contributed by atoms with E-state index in [4.69, 9.17) is 5.73 Å². The Kier molecular flexibility index (Phi) is 7.92. The Morgan fingerprint density at radius 1 is 1.32 bits per heavy atom. The number of benzene rings is 1. The Balaban J connectivity index is 2.02. The van der Waals surface area contributed by atoms with Crippen LogP contribution in [0.3, 0.4) is 0 Å². The number of hydrogen-bond acceptors (Lipinski definition) is 4. The Hall–Kier alpha value is -2.48. The van der Waals surface area contributed by atoms with E-state index in [9.17, 15) is 18.8 Å². The maximum absolute atomic E-state index is 14.4. The summed E-state index contributed by atoms with van der Waals surface area (Å²) in [6, 6.07) is 4.02. The first-order chi connectivity index (χ1) is 13.3. The number of carbonyl (C=O) groups is 3. The molecule has 1 saturated heterocycles. The normalized spacial score (nSPS) is 16.8. The third-order valence-electron chi connectivity index (χ3n) is 4.61. The molecule has 4 N–H and O–H groups in total. The van der Waals surface area contributed by atoms with E-state index in [1.165, 1.54) is 12.1 Å². The van der Waals surface area contributed by atoms with E-state index < -0.39 is 5.82 Å². The van der Waals surface area contributed by atoms with E-state index in [1.54, 1.807) is 4.90 Å². The molecule has 1 fully saturated rings. The molecular formula is C20H29FN4O3. The Morgan fingerprint density at radius 3 is 2.71 bits per heavy atom. The molecule has 1 atom stereocenters. The Morgan fingerprint density at radius 2 is 2.07 bits per heavy atom. The smallest absolute Gasteiger partial charge is 0.253 e. The highest BCUT2D eigenvalue weighted by atomic mass is 19.1. The highest BCUT2D eigenvalue weighted by Crippen LogP contribution is 2.22. The molecule has 1 aliphatic heterocycles. The average molecular weight is 392 g/mol. The highest BCUT2D eigenvalue weighted by Gasteiger charge is 2.29. The first-order valence-electron chi connectivity index (χ1n) is 9.68. The molecule has 28 heavy (non-hydrogen) atoms. The van der Waals surface area contributed by atoms with Gasteiger partial charge < -0.3 is 21.3 Å². The van der Waals surface area contributed by atoms with Crippen molar-refractivity contribution in [2.24, 2.45) is 17.6 Å². The molecule has 0 saturated carbocycles. The van der Waals surface area contributed by atoms with Gasteiger partial charge in [-0.3, -0.25) is 14.4 Å². The number of likely N-dealkylation sites (tertiary alicyclic amines) is 1. The lowest BCUT2D eigenvalue weighted by atomic mass is 9.96. The molecule has 1 unspecified atom stereocenters. The van der Waals surface area contributed by atoms with Gasteiger partial charge >= 0.3 is 0 Å². The maximum atomic E-state index is 14.4. The van der Waals surface area contributed by atoms with E-state index in [0.717, 1.165) is 6.07 Å². The molecule has 3 amide bonds. The number of nitrogens with two attached hydrogens (primary N) is 1. The number of nitrogens with one attached hydrogen (secondary N) is 2. The van der Waals surface area contributed by atoms with Crippen molar-refractivity contribution in [2.45, 2.75) is 33.1 Å². The van der Waals surface area contributed by atoms with Crippen molar-refractivity contribution in [2.75, 3.05) is 31.5 Å². The molecular weight excluding hydrogens is 363 g/mol. The summed E-state index contributed by atoms with van der Waals surface area (Å²) in [5, 5.41) is 5.27. The minimum atomic E-state index is -0.655. The summed E-state index contributed by atoms with van der Waals surface area (Å²) in [7, 11) is 0. The van der Waals surface area contributed by atoms with Crippen molar-refractivity contribution in [3.63, 3.8) is 0 Å². The predicted molar refractivity (Wildman–Crippen MR) is 105 cm³/mol. The second-order valence-electron chi connectivity index (χ2n) is 7.51. The molecule has 0 spiro atoms. The molecule has 8 heteroatoms. The van der Waals surface area contributed by atoms with E-state index >= 15 is 0 Å². The second kappa shape index (κ2) is 10.2. The van der Waals surface area contributed by atoms with Gasteiger partial charge in [-0.2, -0.15) is 0 Å². The van der Waals surface area contributed by atoms with Crippen LogP contribution in [-0.2, 0) is 9.59 Å². The fraction of sp³-hybridized carbons (Fsp3) is 0.550. The summed E-state index contributed by atoms with van der Waals surface area (Å²) in [5.41, 5.74) is 5.65. The summed E-state index contributed by atoms with van der Waals surface area (Å²) in [6.07, 6.45) is 1.70. The number of rotatable bonds is 7. The molecule has 0 aliphatic carbocycles. The first kappa shape index (κ1) is 21.8. The topological polar surface area (TPSA) is 105 Å². The molecule has 0 radical (unpaired) electrons. The van der Waals surface area contributed by atoms with Crippen molar-refractivity contribution < 1.29 is 18.8 Å². The molecule has 0 aromatic heterocycles. The van der Waals surface area contributed by atoms with Gasteiger partial charge in [-0.1, -0.05) is 13.8 Å². The van der Waals surface area contributed by atoms with Crippen LogP contribution < -0.4 is 16.4 Å². The fourth-order valence-corrected chi connectivity index (χ4v) is 3.22. The molecule has 1 aromatic rings. The van der Waals surface area contributed by atoms with Gasteiger partial charge in [0.25, 0.3) is 5.91 Å². The lowest BCUT2D eigenvalue weighted by Gasteiger charge is -2.32. The second-order valence-corrected chi connectivity index (χ2v) is 7.51.